The van der Waals surface area contributed by atoms with Gasteiger partial charge in [0.2, 0.25) is 0 Å². The molecule has 0 bridgehead atoms. The molecule has 0 aromatic carbocycles. The highest BCUT2D eigenvalue weighted by Crippen LogP contribution is 2.01. The molecule has 0 unspecified atom stereocenters. The van der Waals surface area contributed by atoms with Crippen LogP contribution in [0.15, 0.2) is 10.9 Å². The van der Waals surface area contributed by atoms with E-state index >= 15 is 0 Å². The van der Waals surface area contributed by atoms with E-state index in [0.717, 1.165) is 19.6 Å². The largest absolute Gasteiger partial charge is 0.302 e. The Bertz CT molecular complexity index is 399. The molecular formula is C11H18ClN3O. The van der Waals surface area contributed by atoms with Crippen LogP contribution in [0.25, 0.3) is 0 Å². The molecule has 1 heterocycles. The van der Waals surface area contributed by atoms with Crippen molar-refractivity contribution in [2.45, 2.75) is 27.3 Å². The van der Waals surface area contributed by atoms with Gasteiger partial charge >= 0.3 is 0 Å². The molecule has 0 saturated heterocycles. The standard InChI is InChI=1S/C11H18ClN3O/c1-4-14(5-2)6-7-15-9(3)13-10(12)8-11(15)16/h8H,4-7H2,1-3H3. The minimum Gasteiger partial charge on any atom is -0.302 e. The zero-order valence-electron chi connectivity index (χ0n) is 10.0. The lowest BCUT2D eigenvalue weighted by Gasteiger charge is -2.19. The van der Waals surface area contributed by atoms with Crippen molar-refractivity contribution in [1.82, 2.24) is 14.5 Å². The van der Waals surface area contributed by atoms with Crippen molar-refractivity contribution in [2.24, 2.45) is 0 Å². The van der Waals surface area contributed by atoms with Crippen LogP contribution in [-0.2, 0) is 6.54 Å². The van der Waals surface area contributed by atoms with Gasteiger partial charge in [-0.05, 0) is 20.0 Å². The van der Waals surface area contributed by atoms with Gasteiger partial charge in [0.15, 0.2) is 0 Å². The highest BCUT2D eigenvalue weighted by Gasteiger charge is 2.05. The molecule has 0 aliphatic heterocycles. The minimum atomic E-state index is -0.0790. The van der Waals surface area contributed by atoms with E-state index in [-0.39, 0.29) is 10.7 Å². The molecule has 16 heavy (non-hydrogen) atoms. The van der Waals surface area contributed by atoms with E-state index in [1.807, 2.05) is 0 Å². The molecule has 4 nitrogen and oxygen atoms in total. The fourth-order valence-electron chi connectivity index (χ4n) is 1.64. The molecule has 0 aliphatic carbocycles. The van der Waals surface area contributed by atoms with Gasteiger partial charge in [0.1, 0.15) is 11.0 Å². The van der Waals surface area contributed by atoms with Crippen LogP contribution in [-0.4, -0.2) is 34.1 Å². The zero-order chi connectivity index (χ0) is 12.1. The summed E-state index contributed by atoms with van der Waals surface area (Å²) in [5.74, 6) is 0.671. The van der Waals surface area contributed by atoms with Gasteiger partial charge in [0, 0.05) is 19.2 Å². The van der Waals surface area contributed by atoms with Crippen molar-refractivity contribution in [1.29, 1.82) is 0 Å². The van der Waals surface area contributed by atoms with Gasteiger partial charge in [0.25, 0.3) is 5.56 Å². The summed E-state index contributed by atoms with van der Waals surface area (Å²) in [7, 11) is 0. The number of halogens is 1. The number of nitrogens with zero attached hydrogens (tertiary/aromatic N) is 3. The third-order valence-electron chi connectivity index (χ3n) is 2.70. The van der Waals surface area contributed by atoms with Crippen LogP contribution in [0.1, 0.15) is 19.7 Å². The monoisotopic (exact) mass is 243 g/mol. The highest BCUT2D eigenvalue weighted by atomic mass is 35.5. The molecule has 0 N–H and O–H groups in total. The molecule has 0 aliphatic rings. The second-order valence-electron chi connectivity index (χ2n) is 3.64. The van der Waals surface area contributed by atoms with Gasteiger partial charge in [-0.3, -0.25) is 9.36 Å². The Kier molecular flexibility index (Phi) is 4.96. The van der Waals surface area contributed by atoms with Crippen LogP contribution in [0.4, 0.5) is 0 Å². The average Bonchev–Trinajstić information content (AvgIpc) is 2.22. The average molecular weight is 244 g/mol. The quantitative estimate of drug-likeness (QED) is 0.737. The first-order chi connectivity index (χ1) is 7.58. The molecule has 5 heteroatoms. The minimum absolute atomic E-state index is 0.0790. The van der Waals surface area contributed by atoms with Crippen LogP contribution in [0.5, 0.6) is 0 Å². The summed E-state index contributed by atoms with van der Waals surface area (Å²) in [4.78, 5) is 18.0. The van der Waals surface area contributed by atoms with Crippen molar-refractivity contribution >= 4 is 11.6 Å². The predicted molar refractivity (Wildman–Crippen MR) is 66.0 cm³/mol. The third-order valence-corrected chi connectivity index (χ3v) is 2.90. The number of likely N-dealkylation sites (N-methyl/N-ethyl adjacent to an activating group) is 1. The van der Waals surface area contributed by atoms with E-state index in [0.29, 0.717) is 12.4 Å². The van der Waals surface area contributed by atoms with Crippen molar-refractivity contribution in [3.8, 4) is 0 Å². The summed E-state index contributed by atoms with van der Waals surface area (Å²) in [5.41, 5.74) is -0.0790. The highest BCUT2D eigenvalue weighted by molar-refractivity contribution is 6.29. The van der Waals surface area contributed by atoms with Crippen LogP contribution in [0, 0.1) is 6.92 Å². The second-order valence-corrected chi connectivity index (χ2v) is 4.03. The van der Waals surface area contributed by atoms with Crippen LogP contribution in [0.2, 0.25) is 5.15 Å². The molecule has 1 aromatic rings. The molecule has 0 saturated carbocycles. The van der Waals surface area contributed by atoms with Crippen LogP contribution >= 0.6 is 11.6 Å². The van der Waals surface area contributed by atoms with Crippen LogP contribution in [0.3, 0.4) is 0 Å². The first-order valence-electron chi connectivity index (χ1n) is 5.54. The maximum Gasteiger partial charge on any atom is 0.255 e. The number of rotatable bonds is 5. The summed E-state index contributed by atoms with van der Waals surface area (Å²) < 4.78 is 1.66. The topological polar surface area (TPSA) is 38.1 Å². The number of aromatic nitrogens is 2. The number of hydrogen-bond acceptors (Lipinski definition) is 3. The lowest BCUT2D eigenvalue weighted by Crippen LogP contribution is -2.32. The summed E-state index contributed by atoms with van der Waals surface area (Å²) >= 11 is 5.70. The molecule has 0 atom stereocenters. The van der Waals surface area contributed by atoms with Crippen molar-refractivity contribution in [3.05, 3.63) is 27.4 Å². The van der Waals surface area contributed by atoms with E-state index in [9.17, 15) is 4.79 Å². The Labute approximate surface area is 101 Å². The maximum atomic E-state index is 11.7. The first kappa shape index (κ1) is 13.2. The Morgan fingerprint density at radius 1 is 1.44 bits per heavy atom. The molecular weight excluding hydrogens is 226 g/mol. The van der Waals surface area contributed by atoms with E-state index < -0.39 is 0 Å². The SMILES string of the molecule is CCN(CC)CCn1c(C)nc(Cl)cc1=O. The molecule has 1 rings (SSSR count). The van der Waals surface area contributed by atoms with E-state index in [1.165, 1.54) is 6.07 Å². The molecule has 90 valence electrons. The van der Waals surface area contributed by atoms with Crippen molar-refractivity contribution in [2.75, 3.05) is 19.6 Å². The van der Waals surface area contributed by atoms with Gasteiger partial charge in [-0.2, -0.15) is 0 Å². The number of hydrogen-bond donors (Lipinski definition) is 0. The molecule has 0 radical (unpaired) electrons. The Hall–Kier alpha value is -0.870. The predicted octanol–water partition coefficient (Wildman–Crippen LogP) is 1.55. The molecule has 0 spiro atoms. The summed E-state index contributed by atoms with van der Waals surface area (Å²) in [6, 6.07) is 1.36. The Morgan fingerprint density at radius 2 is 2.06 bits per heavy atom. The molecule has 0 fully saturated rings. The maximum absolute atomic E-state index is 11.7. The van der Waals surface area contributed by atoms with Gasteiger partial charge < -0.3 is 4.90 Å². The molecule has 1 aromatic heterocycles. The van der Waals surface area contributed by atoms with Gasteiger partial charge in [-0.25, -0.2) is 4.98 Å². The third kappa shape index (κ3) is 3.32. The smallest absolute Gasteiger partial charge is 0.255 e. The Morgan fingerprint density at radius 3 is 2.56 bits per heavy atom. The van der Waals surface area contributed by atoms with E-state index in [1.54, 1.807) is 11.5 Å². The summed E-state index contributed by atoms with van der Waals surface area (Å²) in [5, 5.41) is 0.265. The lowest BCUT2D eigenvalue weighted by atomic mass is 10.4. The van der Waals surface area contributed by atoms with E-state index in [4.69, 9.17) is 11.6 Å². The fourth-order valence-corrected chi connectivity index (χ4v) is 1.86. The second kappa shape index (κ2) is 6.01. The summed E-state index contributed by atoms with van der Waals surface area (Å²) in [6.45, 7) is 9.53. The lowest BCUT2D eigenvalue weighted by molar-refractivity contribution is 0.287. The van der Waals surface area contributed by atoms with Crippen molar-refractivity contribution in [3.63, 3.8) is 0 Å². The van der Waals surface area contributed by atoms with Gasteiger partial charge in [-0.15, -0.1) is 0 Å². The van der Waals surface area contributed by atoms with E-state index in [2.05, 4.69) is 23.7 Å². The summed E-state index contributed by atoms with van der Waals surface area (Å²) in [6.07, 6.45) is 0. The number of aryl methyl sites for hydroxylation is 1. The normalized spacial score (nSPS) is 11.1. The fraction of sp³-hybridized carbons (Fsp3) is 0.636. The zero-order valence-corrected chi connectivity index (χ0v) is 10.8. The first-order valence-corrected chi connectivity index (χ1v) is 5.92. The van der Waals surface area contributed by atoms with Crippen LogP contribution < -0.4 is 5.56 Å². The molecule has 0 amide bonds. The van der Waals surface area contributed by atoms with Gasteiger partial charge in [0.05, 0.1) is 0 Å². The van der Waals surface area contributed by atoms with Gasteiger partial charge in [-0.1, -0.05) is 25.4 Å². The van der Waals surface area contributed by atoms with Crippen molar-refractivity contribution < 1.29 is 0 Å². The Balaban J connectivity index is 2.78.